The molecule has 3 aromatic rings. The molecule has 0 fully saturated rings. The van der Waals surface area contributed by atoms with E-state index in [0.29, 0.717) is 11.6 Å². The number of nitrogens with zero attached hydrogens (tertiary/aromatic N) is 3. The van der Waals surface area contributed by atoms with Gasteiger partial charge in [0.05, 0.1) is 16.6 Å². The number of nitrogens with one attached hydrogen (secondary N) is 2. The number of H-pyrrole nitrogens is 1. The number of anilines is 3. The Bertz CT molecular complexity index is 1820. The molecule has 6 N–H and O–H groups in total. The minimum absolute atomic E-state index is 0.0205. The normalized spacial score (nSPS) is 12.2. The first kappa shape index (κ1) is 39.8. The Balaban J connectivity index is 1.84. The third-order valence-electron chi connectivity index (χ3n) is 7.12. The largest absolute Gasteiger partial charge is 0.460 e. The number of nitrogen functional groups attached to an aromatic ring is 2. The summed E-state index contributed by atoms with van der Waals surface area (Å²) in [5, 5.41) is 14.5. The fraction of sp³-hybridized carbons (Fsp3) is 0.441. The first-order chi connectivity index (χ1) is 23.6. The van der Waals surface area contributed by atoms with Crippen LogP contribution in [0.15, 0.2) is 41.2 Å². The molecule has 0 saturated carbocycles. The first-order valence-corrected chi connectivity index (χ1v) is 16.0. The van der Waals surface area contributed by atoms with Gasteiger partial charge in [-0.15, -0.1) is 0 Å². The zero-order valence-electron chi connectivity index (χ0n) is 29.3. The lowest BCUT2D eigenvalue weighted by molar-refractivity contribution is -0.384. The summed E-state index contributed by atoms with van der Waals surface area (Å²) < 4.78 is 39.2. The Morgan fingerprint density at radius 1 is 1.02 bits per heavy atom. The van der Waals surface area contributed by atoms with Gasteiger partial charge in [0, 0.05) is 31.1 Å². The fourth-order valence-corrected chi connectivity index (χ4v) is 4.93. The van der Waals surface area contributed by atoms with Crippen LogP contribution < -0.4 is 27.2 Å². The number of carbonyl (C=O) groups excluding carboxylic acids is 3. The molecule has 0 unspecified atom stereocenters. The number of nitro benzene ring substituents is 1. The van der Waals surface area contributed by atoms with Gasteiger partial charge in [0.15, 0.2) is 11.6 Å². The molecule has 15 nitrogen and oxygen atoms in total. The summed E-state index contributed by atoms with van der Waals surface area (Å²) in [5.41, 5.74) is 9.10. The quantitative estimate of drug-likeness (QED) is 0.104. The molecule has 1 atom stereocenters. The Hall–Kier alpha value is -5.61. The van der Waals surface area contributed by atoms with Crippen LogP contribution in [-0.4, -0.2) is 56.5 Å². The van der Waals surface area contributed by atoms with Crippen LogP contribution in [0.1, 0.15) is 82.3 Å². The van der Waals surface area contributed by atoms with Gasteiger partial charge in [0.25, 0.3) is 17.2 Å². The van der Waals surface area contributed by atoms with Crippen molar-refractivity contribution in [2.75, 3.05) is 22.9 Å². The molecule has 2 aromatic carbocycles. The SMILES string of the molecule is CC(C)(C)OC(=O)CC[C@H](NC(=O)c1ccc(CN(CCCc2c(N)nc(N)[nH]c2=O)c2cc(F)c(F)cc2[N+](=O)[O-])cc1)C(=O)OC(C)(C)C. The van der Waals surface area contributed by atoms with Gasteiger partial charge in [-0.25, -0.2) is 13.6 Å². The van der Waals surface area contributed by atoms with E-state index in [4.69, 9.17) is 20.9 Å². The molecule has 0 aliphatic carbocycles. The van der Waals surface area contributed by atoms with Crippen LogP contribution in [0.5, 0.6) is 0 Å². The summed E-state index contributed by atoms with van der Waals surface area (Å²) >= 11 is 0. The highest BCUT2D eigenvalue weighted by Crippen LogP contribution is 2.32. The number of rotatable bonds is 14. The third-order valence-corrected chi connectivity index (χ3v) is 7.12. The number of nitro groups is 1. The third kappa shape index (κ3) is 12.0. The molecule has 17 heteroatoms. The maximum atomic E-state index is 14.4. The molecule has 0 radical (unpaired) electrons. The zero-order valence-corrected chi connectivity index (χ0v) is 29.3. The van der Waals surface area contributed by atoms with Gasteiger partial charge in [-0.2, -0.15) is 4.98 Å². The van der Waals surface area contributed by atoms with Crippen molar-refractivity contribution in [2.45, 2.75) is 91.0 Å². The summed E-state index contributed by atoms with van der Waals surface area (Å²) in [6.07, 6.45) is 0.0148. The van der Waals surface area contributed by atoms with E-state index in [-0.39, 0.29) is 67.4 Å². The molecular formula is C34H43F2N7O8. The summed E-state index contributed by atoms with van der Waals surface area (Å²) in [6.45, 7) is 10.1. The lowest BCUT2D eigenvalue weighted by Crippen LogP contribution is -2.44. The smallest absolute Gasteiger partial charge is 0.329 e. The van der Waals surface area contributed by atoms with Crippen molar-refractivity contribution in [2.24, 2.45) is 0 Å². The number of esters is 2. The van der Waals surface area contributed by atoms with Crippen LogP contribution >= 0.6 is 0 Å². The van der Waals surface area contributed by atoms with Crippen molar-refractivity contribution < 1.29 is 37.6 Å². The molecule has 0 aliphatic rings. The van der Waals surface area contributed by atoms with Gasteiger partial charge in [0.2, 0.25) is 5.95 Å². The van der Waals surface area contributed by atoms with Crippen LogP contribution in [0.25, 0.3) is 0 Å². The number of hydrogen-bond acceptors (Lipinski definition) is 12. The zero-order chi connectivity index (χ0) is 38.3. The molecule has 1 amide bonds. The number of nitrogens with two attached hydrogens (primary N) is 2. The van der Waals surface area contributed by atoms with Gasteiger partial charge >= 0.3 is 11.9 Å². The van der Waals surface area contributed by atoms with E-state index in [2.05, 4.69) is 15.3 Å². The number of halogens is 2. The molecular weight excluding hydrogens is 672 g/mol. The maximum Gasteiger partial charge on any atom is 0.329 e. The van der Waals surface area contributed by atoms with Crippen LogP contribution in [-0.2, 0) is 32.0 Å². The van der Waals surface area contributed by atoms with Crippen LogP contribution in [0, 0.1) is 21.7 Å². The Morgan fingerprint density at radius 3 is 2.20 bits per heavy atom. The highest BCUT2D eigenvalue weighted by Gasteiger charge is 2.29. The minimum atomic E-state index is -1.40. The second-order valence-electron chi connectivity index (χ2n) is 13.7. The first-order valence-electron chi connectivity index (χ1n) is 16.0. The Kier molecular flexibility index (Phi) is 12.8. The van der Waals surface area contributed by atoms with Gasteiger partial charge < -0.3 is 31.2 Å². The number of benzene rings is 2. The monoisotopic (exact) mass is 715 g/mol. The highest BCUT2D eigenvalue weighted by molar-refractivity contribution is 5.97. The topological polar surface area (TPSA) is 226 Å². The van der Waals surface area contributed by atoms with E-state index in [9.17, 15) is 38.1 Å². The van der Waals surface area contributed by atoms with E-state index in [0.717, 1.165) is 6.07 Å². The molecule has 0 saturated heterocycles. The van der Waals surface area contributed by atoms with E-state index < -0.39 is 62.9 Å². The minimum Gasteiger partial charge on any atom is -0.460 e. The van der Waals surface area contributed by atoms with Crippen molar-refractivity contribution >= 4 is 41.0 Å². The van der Waals surface area contributed by atoms with Gasteiger partial charge in [0.1, 0.15) is 28.7 Å². The summed E-state index contributed by atoms with van der Waals surface area (Å²) in [6, 6.07) is 6.01. The maximum absolute atomic E-state index is 14.4. The number of carbonyl (C=O) groups is 3. The van der Waals surface area contributed by atoms with Crippen molar-refractivity contribution in [3.63, 3.8) is 0 Å². The second kappa shape index (κ2) is 16.4. The average molecular weight is 716 g/mol. The molecule has 0 spiro atoms. The molecule has 1 aromatic heterocycles. The molecule has 276 valence electrons. The van der Waals surface area contributed by atoms with Crippen LogP contribution in [0.2, 0.25) is 0 Å². The number of hydrogen-bond donors (Lipinski definition) is 4. The van der Waals surface area contributed by atoms with Crippen molar-refractivity contribution in [1.29, 1.82) is 0 Å². The standard InChI is InChI=1S/C34H43F2N7O8/c1-33(2,3)50-27(44)14-13-24(31(47)51-34(4,5)6)39-29(45)20-11-9-19(10-12-20)18-42(25-16-22(35)23(36)17-26(25)43(48)49)15-7-8-21-28(37)40-32(38)41-30(21)46/h9-12,16-17,24H,7-8,13-15,18H2,1-6H3,(H,39,45)(H5,37,38,40,41,46)/t24-/m0/s1. The lowest BCUT2D eigenvalue weighted by Gasteiger charge is -2.26. The fourth-order valence-electron chi connectivity index (χ4n) is 4.93. The molecule has 1 heterocycles. The summed E-state index contributed by atoms with van der Waals surface area (Å²) in [5.74, 6) is -4.90. The number of amides is 1. The van der Waals surface area contributed by atoms with E-state index >= 15 is 0 Å². The van der Waals surface area contributed by atoms with Crippen molar-refractivity contribution in [1.82, 2.24) is 15.3 Å². The predicted molar refractivity (Wildman–Crippen MR) is 185 cm³/mol. The average Bonchev–Trinajstić information content (AvgIpc) is 2.99. The van der Waals surface area contributed by atoms with E-state index in [1.54, 1.807) is 53.7 Å². The molecule has 3 rings (SSSR count). The predicted octanol–water partition coefficient (Wildman–Crippen LogP) is 4.32. The van der Waals surface area contributed by atoms with E-state index in [1.165, 1.54) is 17.0 Å². The van der Waals surface area contributed by atoms with Gasteiger partial charge in [-0.05, 0) is 78.5 Å². The van der Waals surface area contributed by atoms with Gasteiger partial charge in [-0.3, -0.25) is 29.5 Å². The molecule has 0 bridgehead atoms. The van der Waals surface area contributed by atoms with Crippen molar-refractivity contribution in [3.05, 3.63) is 85.2 Å². The van der Waals surface area contributed by atoms with Crippen LogP contribution in [0.4, 0.5) is 31.9 Å². The number of ether oxygens (including phenoxy) is 2. The summed E-state index contributed by atoms with van der Waals surface area (Å²) in [7, 11) is 0. The highest BCUT2D eigenvalue weighted by atomic mass is 19.2. The lowest BCUT2D eigenvalue weighted by atomic mass is 10.1. The Morgan fingerprint density at radius 2 is 1.63 bits per heavy atom. The van der Waals surface area contributed by atoms with Crippen LogP contribution in [0.3, 0.4) is 0 Å². The Labute approximate surface area is 292 Å². The number of aromatic amines is 1. The van der Waals surface area contributed by atoms with Crippen molar-refractivity contribution in [3.8, 4) is 0 Å². The molecule has 51 heavy (non-hydrogen) atoms. The van der Waals surface area contributed by atoms with E-state index in [1.807, 2.05) is 0 Å². The summed E-state index contributed by atoms with van der Waals surface area (Å²) in [4.78, 5) is 69.5. The second-order valence-corrected chi connectivity index (χ2v) is 13.7. The molecule has 0 aliphatic heterocycles. The van der Waals surface area contributed by atoms with Gasteiger partial charge in [-0.1, -0.05) is 12.1 Å². The number of aromatic nitrogens is 2.